The highest BCUT2D eigenvalue weighted by Crippen LogP contribution is 2.47. The van der Waals surface area contributed by atoms with Crippen molar-refractivity contribution in [1.82, 2.24) is 9.97 Å². The molecule has 1 atom stereocenters. The summed E-state index contributed by atoms with van der Waals surface area (Å²) in [5.74, 6) is 0. The van der Waals surface area contributed by atoms with Gasteiger partial charge in [0.25, 0.3) is 0 Å². The van der Waals surface area contributed by atoms with Gasteiger partial charge >= 0.3 is 0 Å². The summed E-state index contributed by atoms with van der Waals surface area (Å²) in [7, 11) is 0. The number of anilines is 1. The number of nitrogens with one attached hydrogen (secondary N) is 1. The highest BCUT2D eigenvalue weighted by atomic mass is 16.3. The topological polar surface area (TPSA) is 52.1 Å². The van der Waals surface area contributed by atoms with E-state index in [0.717, 1.165) is 43.4 Å². The van der Waals surface area contributed by atoms with Crippen LogP contribution in [0.3, 0.4) is 0 Å². The minimum atomic E-state index is -0.0779. The second-order valence-electron chi connectivity index (χ2n) is 6.33. The lowest BCUT2D eigenvalue weighted by Gasteiger charge is -2.42. The molecule has 1 aromatic heterocycles. The van der Waals surface area contributed by atoms with Crippen LogP contribution in [-0.2, 0) is 0 Å². The molecule has 0 amide bonds. The Morgan fingerprint density at radius 3 is 2.85 bits per heavy atom. The van der Waals surface area contributed by atoms with Crippen LogP contribution in [0.1, 0.15) is 32.1 Å². The molecule has 2 N–H and O–H groups in total. The number of rotatable bonds is 1. The first-order valence-electron chi connectivity index (χ1n) is 7.64. The fraction of sp³-hybridized carbons (Fsp3) is 0.562. The van der Waals surface area contributed by atoms with Crippen molar-refractivity contribution in [1.29, 1.82) is 0 Å². The number of aliphatic hydroxyl groups excluding tert-OH is 1. The van der Waals surface area contributed by atoms with Crippen LogP contribution >= 0.6 is 0 Å². The third-order valence-electron chi connectivity index (χ3n) is 5.39. The Morgan fingerprint density at radius 2 is 2.10 bits per heavy atom. The smallest absolute Gasteiger partial charge is 0.112 e. The zero-order valence-electron chi connectivity index (χ0n) is 11.7. The molecule has 0 radical (unpaired) electrons. The molecule has 1 aliphatic heterocycles. The number of H-pyrrole nitrogens is 1. The molecule has 2 aliphatic rings. The quantitative estimate of drug-likeness (QED) is 0.838. The van der Waals surface area contributed by atoms with E-state index in [2.05, 4.69) is 33.1 Å². The van der Waals surface area contributed by atoms with E-state index < -0.39 is 0 Å². The predicted molar refractivity (Wildman–Crippen MR) is 79.8 cm³/mol. The van der Waals surface area contributed by atoms with Crippen LogP contribution < -0.4 is 4.90 Å². The predicted octanol–water partition coefficient (Wildman–Crippen LogP) is 2.69. The monoisotopic (exact) mass is 271 g/mol. The van der Waals surface area contributed by atoms with Gasteiger partial charge in [0.2, 0.25) is 0 Å². The van der Waals surface area contributed by atoms with Crippen LogP contribution in [0, 0.1) is 5.41 Å². The number of para-hydroxylation sites is 1. The van der Waals surface area contributed by atoms with Crippen molar-refractivity contribution in [3.05, 3.63) is 24.5 Å². The molecule has 2 fully saturated rings. The zero-order valence-corrected chi connectivity index (χ0v) is 11.7. The fourth-order valence-corrected chi connectivity index (χ4v) is 4.10. The molecule has 1 unspecified atom stereocenters. The third kappa shape index (κ3) is 1.74. The van der Waals surface area contributed by atoms with Gasteiger partial charge < -0.3 is 15.0 Å². The number of imidazole rings is 1. The van der Waals surface area contributed by atoms with Crippen LogP contribution in [0.5, 0.6) is 0 Å². The van der Waals surface area contributed by atoms with E-state index >= 15 is 0 Å². The van der Waals surface area contributed by atoms with Gasteiger partial charge in [0.05, 0.1) is 23.6 Å². The number of aromatic amines is 1. The Bertz CT molecular complexity index is 613. The van der Waals surface area contributed by atoms with Crippen LogP contribution in [0.15, 0.2) is 24.5 Å². The van der Waals surface area contributed by atoms with Gasteiger partial charge in [-0.2, -0.15) is 0 Å². The summed E-state index contributed by atoms with van der Waals surface area (Å²) >= 11 is 0. The van der Waals surface area contributed by atoms with Gasteiger partial charge in [-0.15, -0.1) is 0 Å². The Balaban J connectivity index is 1.59. The molecule has 1 aliphatic carbocycles. The molecule has 2 aromatic rings. The van der Waals surface area contributed by atoms with Crippen molar-refractivity contribution < 1.29 is 5.11 Å². The number of piperidine rings is 1. The molecule has 106 valence electrons. The van der Waals surface area contributed by atoms with E-state index in [0.29, 0.717) is 0 Å². The van der Waals surface area contributed by atoms with Gasteiger partial charge in [-0.3, -0.25) is 0 Å². The molecular weight excluding hydrogens is 250 g/mol. The number of aromatic nitrogens is 2. The van der Waals surface area contributed by atoms with Crippen molar-refractivity contribution in [3.8, 4) is 0 Å². The molecule has 4 nitrogen and oxygen atoms in total. The molecule has 1 aromatic carbocycles. The summed E-state index contributed by atoms with van der Waals surface area (Å²) < 4.78 is 0. The standard InChI is InChI=1S/C16H21N3O/c20-14-5-2-6-16(14)7-9-19(10-8-16)13-4-1-3-12-15(13)18-11-17-12/h1,3-4,11,14,20H,2,5-10H2,(H,17,18). The summed E-state index contributed by atoms with van der Waals surface area (Å²) in [6.07, 6.45) is 7.29. The van der Waals surface area contributed by atoms with E-state index in [9.17, 15) is 5.11 Å². The molecule has 1 saturated heterocycles. The molecule has 1 saturated carbocycles. The molecule has 20 heavy (non-hydrogen) atoms. The summed E-state index contributed by atoms with van der Waals surface area (Å²) in [6.45, 7) is 2.06. The first kappa shape index (κ1) is 12.2. The highest BCUT2D eigenvalue weighted by molar-refractivity contribution is 5.88. The Kier molecular flexibility index (Phi) is 2.74. The van der Waals surface area contributed by atoms with Crippen molar-refractivity contribution in [2.75, 3.05) is 18.0 Å². The first-order chi connectivity index (χ1) is 9.78. The minimum absolute atomic E-state index is 0.0779. The average Bonchev–Trinajstić information content (AvgIpc) is 3.08. The number of hydrogen-bond donors (Lipinski definition) is 2. The van der Waals surface area contributed by atoms with Crippen molar-refractivity contribution in [2.45, 2.75) is 38.2 Å². The molecular formula is C16H21N3O. The number of hydrogen-bond acceptors (Lipinski definition) is 3. The van der Waals surface area contributed by atoms with E-state index in [1.54, 1.807) is 6.33 Å². The van der Waals surface area contributed by atoms with Crippen LogP contribution in [-0.4, -0.2) is 34.3 Å². The SMILES string of the molecule is OC1CCCC12CCN(c1cccc3[nH]cnc13)CC2. The average molecular weight is 271 g/mol. The van der Waals surface area contributed by atoms with E-state index in [1.807, 2.05) is 0 Å². The normalized spacial score (nSPS) is 25.6. The van der Waals surface area contributed by atoms with Crippen molar-refractivity contribution in [2.24, 2.45) is 5.41 Å². The fourth-order valence-electron chi connectivity index (χ4n) is 4.10. The maximum atomic E-state index is 10.3. The maximum Gasteiger partial charge on any atom is 0.112 e. The molecule has 4 heteroatoms. The van der Waals surface area contributed by atoms with E-state index in [1.165, 1.54) is 18.5 Å². The second-order valence-corrected chi connectivity index (χ2v) is 6.33. The Hall–Kier alpha value is -1.55. The lowest BCUT2D eigenvalue weighted by molar-refractivity contribution is 0.0334. The zero-order chi connectivity index (χ0) is 13.6. The summed E-state index contributed by atoms with van der Waals surface area (Å²) in [5, 5.41) is 10.3. The van der Waals surface area contributed by atoms with Crippen LogP contribution in [0.2, 0.25) is 0 Å². The Morgan fingerprint density at radius 1 is 1.25 bits per heavy atom. The van der Waals surface area contributed by atoms with Crippen molar-refractivity contribution in [3.63, 3.8) is 0 Å². The van der Waals surface area contributed by atoms with Gasteiger partial charge in [-0.1, -0.05) is 12.5 Å². The lowest BCUT2D eigenvalue weighted by atomic mass is 9.75. The molecule has 0 bridgehead atoms. The second kappa shape index (κ2) is 4.48. The number of nitrogens with zero attached hydrogens (tertiary/aromatic N) is 2. The lowest BCUT2D eigenvalue weighted by Crippen LogP contribution is -2.43. The third-order valence-corrected chi connectivity index (χ3v) is 5.39. The molecule has 1 spiro atoms. The van der Waals surface area contributed by atoms with Crippen LogP contribution in [0.4, 0.5) is 5.69 Å². The summed E-state index contributed by atoms with van der Waals surface area (Å²) in [5.41, 5.74) is 3.60. The molecule has 4 rings (SSSR count). The highest BCUT2D eigenvalue weighted by Gasteiger charge is 2.43. The molecule has 2 heterocycles. The van der Waals surface area contributed by atoms with E-state index in [-0.39, 0.29) is 11.5 Å². The summed E-state index contributed by atoms with van der Waals surface area (Å²) in [4.78, 5) is 10.1. The Labute approximate surface area is 118 Å². The van der Waals surface area contributed by atoms with Gasteiger partial charge in [0.1, 0.15) is 5.52 Å². The largest absolute Gasteiger partial charge is 0.393 e. The maximum absolute atomic E-state index is 10.3. The number of aliphatic hydroxyl groups is 1. The van der Waals surface area contributed by atoms with Gasteiger partial charge in [-0.05, 0) is 43.2 Å². The number of benzene rings is 1. The van der Waals surface area contributed by atoms with Gasteiger partial charge in [0, 0.05) is 13.1 Å². The van der Waals surface area contributed by atoms with Crippen LogP contribution in [0.25, 0.3) is 11.0 Å². The summed E-state index contributed by atoms with van der Waals surface area (Å²) in [6, 6.07) is 6.31. The van der Waals surface area contributed by atoms with Gasteiger partial charge in [-0.25, -0.2) is 4.98 Å². The number of fused-ring (bicyclic) bond motifs is 1. The minimum Gasteiger partial charge on any atom is -0.393 e. The van der Waals surface area contributed by atoms with Crippen molar-refractivity contribution >= 4 is 16.7 Å². The first-order valence-corrected chi connectivity index (χ1v) is 7.64. The van der Waals surface area contributed by atoms with E-state index in [4.69, 9.17) is 0 Å². The van der Waals surface area contributed by atoms with Gasteiger partial charge in [0.15, 0.2) is 0 Å².